The predicted molar refractivity (Wildman–Crippen MR) is 93.2 cm³/mol. The molecule has 0 bridgehead atoms. The summed E-state index contributed by atoms with van der Waals surface area (Å²) in [6.07, 6.45) is 3.01. The molecule has 3 aromatic rings. The van der Waals surface area contributed by atoms with Crippen LogP contribution in [0, 0.1) is 0 Å². The molecule has 0 saturated carbocycles. The Bertz CT molecular complexity index is 834. The standard InChI is InChI=1S/C16H17N5O2S/c1-3-23-12-6-4-11(5-7-12)21-15(22)10(2)24-16-13-14(18-8-17-13)19-9-20-16/h4-10H,3H2,1-2H3,(H,21,22)(H,17,18,19,20)/t10-/m0/s1. The third kappa shape index (κ3) is 3.65. The Labute approximate surface area is 143 Å². The van der Waals surface area contributed by atoms with Crippen molar-refractivity contribution in [2.24, 2.45) is 0 Å². The number of ether oxygens (including phenoxy) is 1. The van der Waals surface area contributed by atoms with Gasteiger partial charge in [0.25, 0.3) is 0 Å². The van der Waals surface area contributed by atoms with Crippen LogP contribution >= 0.6 is 11.8 Å². The number of amides is 1. The molecule has 0 aliphatic rings. The molecule has 0 aliphatic carbocycles. The number of nitrogens with one attached hydrogen (secondary N) is 2. The van der Waals surface area contributed by atoms with E-state index in [1.165, 1.54) is 18.1 Å². The summed E-state index contributed by atoms with van der Waals surface area (Å²) in [7, 11) is 0. The molecule has 2 N–H and O–H groups in total. The highest BCUT2D eigenvalue weighted by molar-refractivity contribution is 8.00. The van der Waals surface area contributed by atoms with Crippen molar-refractivity contribution < 1.29 is 9.53 Å². The van der Waals surface area contributed by atoms with Gasteiger partial charge in [0, 0.05) is 5.69 Å². The number of rotatable bonds is 6. The topological polar surface area (TPSA) is 92.8 Å². The smallest absolute Gasteiger partial charge is 0.237 e. The van der Waals surface area contributed by atoms with Gasteiger partial charge < -0.3 is 15.0 Å². The summed E-state index contributed by atoms with van der Waals surface area (Å²) in [6, 6.07) is 7.29. The number of fused-ring (bicyclic) bond motifs is 1. The van der Waals surface area contributed by atoms with E-state index in [2.05, 4.69) is 25.3 Å². The summed E-state index contributed by atoms with van der Waals surface area (Å²) < 4.78 is 5.39. The maximum Gasteiger partial charge on any atom is 0.237 e. The summed E-state index contributed by atoms with van der Waals surface area (Å²) in [5.41, 5.74) is 2.06. The van der Waals surface area contributed by atoms with Gasteiger partial charge in [-0.3, -0.25) is 4.79 Å². The van der Waals surface area contributed by atoms with Gasteiger partial charge in [0.05, 0.1) is 18.2 Å². The lowest BCUT2D eigenvalue weighted by Crippen LogP contribution is -2.22. The van der Waals surface area contributed by atoms with Crippen LogP contribution in [0.25, 0.3) is 11.2 Å². The van der Waals surface area contributed by atoms with E-state index in [0.717, 1.165) is 17.0 Å². The molecule has 2 heterocycles. The van der Waals surface area contributed by atoms with E-state index in [1.54, 1.807) is 6.33 Å². The van der Waals surface area contributed by atoms with Crippen molar-refractivity contribution in [2.45, 2.75) is 24.1 Å². The van der Waals surface area contributed by atoms with Crippen LogP contribution in [0.1, 0.15) is 13.8 Å². The van der Waals surface area contributed by atoms with E-state index in [-0.39, 0.29) is 11.2 Å². The zero-order chi connectivity index (χ0) is 16.9. The van der Waals surface area contributed by atoms with Crippen molar-refractivity contribution >= 4 is 34.5 Å². The number of aromatic amines is 1. The van der Waals surface area contributed by atoms with Crippen LogP contribution in [0.15, 0.2) is 41.9 Å². The first-order valence-corrected chi connectivity index (χ1v) is 8.39. The fourth-order valence-corrected chi connectivity index (χ4v) is 2.98. The molecule has 1 aromatic carbocycles. The summed E-state index contributed by atoms with van der Waals surface area (Å²) >= 11 is 1.36. The average molecular weight is 343 g/mol. The number of imidazole rings is 1. The van der Waals surface area contributed by atoms with Gasteiger partial charge in [-0.05, 0) is 38.1 Å². The van der Waals surface area contributed by atoms with Crippen molar-refractivity contribution in [1.29, 1.82) is 0 Å². The number of nitrogens with zero attached hydrogens (tertiary/aromatic N) is 3. The third-order valence-electron chi connectivity index (χ3n) is 3.28. The van der Waals surface area contributed by atoms with E-state index >= 15 is 0 Å². The Hall–Kier alpha value is -2.61. The molecule has 0 fully saturated rings. The molecule has 124 valence electrons. The summed E-state index contributed by atoms with van der Waals surface area (Å²) in [6.45, 7) is 4.37. The highest BCUT2D eigenvalue weighted by atomic mass is 32.2. The Morgan fingerprint density at radius 2 is 2.08 bits per heavy atom. The highest BCUT2D eigenvalue weighted by Crippen LogP contribution is 2.27. The number of anilines is 1. The minimum atomic E-state index is -0.321. The van der Waals surface area contributed by atoms with E-state index in [4.69, 9.17) is 4.74 Å². The SMILES string of the molecule is CCOc1ccc(NC(=O)[C@H](C)Sc2ncnc3nc[nH]c23)cc1. The maximum absolute atomic E-state index is 12.4. The second kappa shape index (κ2) is 7.31. The molecule has 0 radical (unpaired) electrons. The second-order valence-corrected chi connectivity index (χ2v) is 6.32. The van der Waals surface area contributed by atoms with Crippen molar-refractivity contribution in [2.75, 3.05) is 11.9 Å². The Morgan fingerprint density at radius 1 is 1.29 bits per heavy atom. The largest absolute Gasteiger partial charge is 0.494 e. The number of thioether (sulfide) groups is 1. The number of carbonyl (C=O) groups is 1. The monoisotopic (exact) mass is 343 g/mol. The molecule has 1 atom stereocenters. The van der Waals surface area contributed by atoms with Crippen molar-refractivity contribution in [3.63, 3.8) is 0 Å². The molecule has 7 nitrogen and oxygen atoms in total. The van der Waals surface area contributed by atoms with Crippen LogP contribution in [-0.2, 0) is 4.79 Å². The molecule has 8 heteroatoms. The zero-order valence-corrected chi connectivity index (χ0v) is 14.1. The van der Waals surface area contributed by atoms with E-state index in [0.29, 0.717) is 17.3 Å². The maximum atomic E-state index is 12.4. The molecular formula is C16H17N5O2S. The number of aromatic nitrogens is 4. The molecule has 24 heavy (non-hydrogen) atoms. The lowest BCUT2D eigenvalue weighted by atomic mass is 10.3. The first kappa shape index (κ1) is 16.3. The predicted octanol–water partition coefficient (Wildman–Crippen LogP) is 2.87. The third-order valence-corrected chi connectivity index (χ3v) is 4.38. The number of hydrogen-bond acceptors (Lipinski definition) is 6. The van der Waals surface area contributed by atoms with Crippen LogP contribution < -0.4 is 10.1 Å². The molecule has 2 aromatic heterocycles. The van der Waals surface area contributed by atoms with Gasteiger partial charge >= 0.3 is 0 Å². The van der Waals surface area contributed by atoms with Gasteiger partial charge in [0.15, 0.2) is 5.65 Å². The zero-order valence-electron chi connectivity index (χ0n) is 13.3. The van der Waals surface area contributed by atoms with Crippen molar-refractivity contribution in [1.82, 2.24) is 19.9 Å². The Morgan fingerprint density at radius 3 is 2.83 bits per heavy atom. The van der Waals surface area contributed by atoms with Crippen LogP contribution in [0.2, 0.25) is 0 Å². The average Bonchev–Trinajstić information content (AvgIpc) is 3.06. The van der Waals surface area contributed by atoms with Crippen LogP contribution in [0.3, 0.4) is 0 Å². The van der Waals surface area contributed by atoms with Gasteiger partial charge in [0.2, 0.25) is 5.91 Å². The number of carbonyl (C=O) groups excluding carboxylic acids is 1. The van der Waals surface area contributed by atoms with Crippen LogP contribution in [0.5, 0.6) is 5.75 Å². The summed E-state index contributed by atoms with van der Waals surface area (Å²) in [4.78, 5) is 27.7. The number of benzene rings is 1. The lowest BCUT2D eigenvalue weighted by Gasteiger charge is -2.12. The first-order chi connectivity index (χ1) is 11.7. The van der Waals surface area contributed by atoms with Crippen molar-refractivity contribution in [3.05, 3.63) is 36.9 Å². The quantitative estimate of drug-likeness (QED) is 0.528. The number of hydrogen-bond donors (Lipinski definition) is 2. The van der Waals surface area contributed by atoms with Crippen LogP contribution in [0.4, 0.5) is 5.69 Å². The van der Waals surface area contributed by atoms with Gasteiger partial charge in [-0.2, -0.15) is 0 Å². The van der Waals surface area contributed by atoms with Gasteiger partial charge in [-0.25, -0.2) is 15.0 Å². The van der Waals surface area contributed by atoms with E-state index < -0.39 is 0 Å². The fraction of sp³-hybridized carbons (Fsp3) is 0.250. The molecule has 0 spiro atoms. The van der Waals surface area contributed by atoms with Crippen molar-refractivity contribution in [3.8, 4) is 5.75 Å². The molecule has 0 saturated heterocycles. The molecule has 3 rings (SSSR count). The molecule has 1 amide bonds. The van der Waals surface area contributed by atoms with Gasteiger partial charge in [0.1, 0.15) is 22.6 Å². The minimum Gasteiger partial charge on any atom is -0.494 e. The van der Waals surface area contributed by atoms with E-state index in [9.17, 15) is 4.79 Å². The first-order valence-electron chi connectivity index (χ1n) is 7.52. The minimum absolute atomic E-state index is 0.101. The summed E-state index contributed by atoms with van der Waals surface area (Å²) in [5, 5.41) is 3.27. The molecule has 0 unspecified atom stereocenters. The highest BCUT2D eigenvalue weighted by Gasteiger charge is 2.18. The van der Waals surface area contributed by atoms with E-state index in [1.807, 2.05) is 38.1 Å². The molecule has 0 aliphatic heterocycles. The molecular weight excluding hydrogens is 326 g/mol. The number of H-pyrrole nitrogens is 1. The second-order valence-electron chi connectivity index (χ2n) is 4.99. The van der Waals surface area contributed by atoms with Gasteiger partial charge in [-0.15, -0.1) is 0 Å². The summed E-state index contributed by atoms with van der Waals surface area (Å²) in [5.74, 6) is 0.677. The Balaban J connectivity index is 1.65. The van der Waals surface area contributed by atoms with Crippen LogP contribution in [-0.4, -0.2) is 37.7 Å². The lowest BCUT2D eigenvalue weighted by molar-refractivity contribution is -0.115. The fourth-order valence-electron chi connectivity index (χ4n) is 2.10. The Kier molecular flexibility index (Phi) is 4.95. The normalized spacial score (nSPS) is 12.1. The van der Waals surface area contributed by atoms with Gasteiger partial charge in [-0.1, -0.05) is 11.8 Å².